The highest BCUT2D eigenvalue weighted by Gasteiger charge is 2.07. The van der Waals surface area contributed by atoms with Crippen molar-refractivity contribution >= 4 is 56.7 Å². The zero-order valence-corrected chi connectivity index (χ0v) is 14.5. The Kier molecular flexibility index (Phi) is 4.66. The predicted octanol–water partition coefficient (Wildman–Crippen LogP) is 4.69. The maximum Gasteiger partial charge on any atom is 0.272 e. The lowest BCUT2D eigenvalue weighted by Gasteiger charge is -1.97. The molecule has 0 aliphatic rings. The summed E-state index contributed by atoms with van der Waals surface area (Å²) in [6.07, 6.45) is 3.07. The minimum Gasteiger partial charge on any atom is -0.318 e. The van der Waals surface area contributed by atoms with Crippen molar-refractivity contribution in [3.8, 4) is 0 Å². The monoisotopic (exact) mass is 362 g/mol. The van der Waals surface area contributed by atoms with Crippen LogP contribution in [0.5, 0.6) is 0 Å². The number of halogens is 2. The summed E-state index contributed by atoms with van der Waals surface area (Å²) in [6, 6.07) is 13.0. The van der Waals surface area contributed by atoms with Gasteiger partial charge in [0, 0.05) is 18.1 Å². The highest BCUT2D eigenvalue weighted by atomic mass is 35.5. The van der Waals surface area contributed by atoms with Crippen LogP contribution < -0.4 is 4.80 Å². The Hall–Kier alpha value is -1.88. The van der Waals surface area contributed by atoms with Crippen LogP contribution >= 0.6 is 34.5 Å². The third-order valence-corrected chi connectivity index (χ3v) is 5.04. The van der Waals surface area contributed by atoms with E-state index in [1.807, 2.05) is 48.0 Å². The first-order valence-corrected chi connectivity index (χ1v) is 8.39. The fourth-order valence-electron chi connectivity index (χ4n) is 2.17. The number of rotatable bonds is 2. The maximum absolute atomic E-state index is 12.1. The molecule has 116 valence electrons. The molecule has 0 bridgehead atoms. The van der Waals surface area contributed by atoms with E-state index in [0.717, 1.165) is 15.8 Å². The Morgan fingerprint density at radius 2 is 1.87 bits per heavy atom. The van der Waals surface area contributed by atoms with Gasteiger partial charge in [-0.2, -0.15) is 4.99 Å². The first-order valence-electron chi connectivity index (χ1n) is 6.81. The number of para-hydroxylation sites is 1. The molecule has 0 N–H and O–H groups in total. The molecule has 3 aromatic rings. The summed E-state index contributed by atoms with van der Waals surface area (Å²) in [5.41, 5.74) is 1.65. The van der Waals surface area contributed by atoms with Gasteiger partial charge in [-0.1, -0.05) is 58.8 Å². The largest absolute Gasteiger partial charge is 0.318 e. The average Bonchev–Trinajstić information content (AvgIpc) is 2.84. The lowest BCUT2D eigenvalue weighted by Crippen LogP contribution is -2.12. The van der Waals surface area contributed by atoms with Gasteiger partial charge < -0.3 is 4.57 Å². The SMILES string of the molecule is Cn1c(=NC(=O)C=Cc2ccccc2Cl)sc2cccc(Cl)c21. The molecule has 0 fully saturated rings. The van der Waals surface area contributed by atoms with Crippen molar-refractivity contribution in [1.82, 2.24) is 4.57 Å². The molecule has 0 aliphatic heterocycles. The van der Waals surface area contributed by atoms with Crippen LogP contribution in [-0.4, -0.2) is 10.5 Å². The molecule has 0 atom stereocenters. The summed E-state index contributed by atoms with van der Waals surface area (Å²) in [4.78, 5) is 16.8. The molecular weight excluding hydrogens is 351 g/mol. The third kappa shape index (κ3) is 3.39. The highest BCUT2D eigenvalue weighted by Crippen LogP contribution is 2.24. The molecular formula is C17H12Cl2N2OS. The molecule has 3 rings (SSSR count). The van der Waals surface area contributed by atoms with Gasteiger partial charge in [-0.05, 0) is 29.8 Å². The minimum absolute atomic E-state index is 0.344. The Morgan fingerprint density at radius 1 is 1.13 bits per heavy atom. The second kappa shape index (κ2) is 6.71. The van der Waals surface area contributed by atoms with Gasteiger partial charge in [0.05, 0.1) is 15.2 Å². The average molecular weight is 363 g/mol. The lowest BCUT2D eigenvalue weighted by molar-refractivity contribution is -0.113. The molecule has 0 saturated heterocycles. The third-order valence-electron chi connectivity index (χ3n) is 3.29. The van der Waals surface area contributed by atoms with Gasteiger partial charge in [-0.3, -0.25) is 4.79 Å². The summed E-state index contributed by atoms with van der Waals surface area (Å²) in [5, 5.41) is 1.23. The molecule has 0 aliphatic carbocycles. The van der Waals surface area contributed by atoms with Crippen LogP contribution in [0, 0.1) is 0 Å². The van der Waals surface area contributed by atoms with E-state index in [0.29, 0.717) is 14.8 Å². The Morgan fingerprint density at radius 3 is 2.61 bits per heavy atom. The van der Waals surface area contributed by atoms with Crippen molar-refractivity contribution in [3.05, 3.63) is 69.0 Å². The number of nitrogens with zero attached hydrogens (tertiary/aromatic N) is 2. The number of hydrogen-bond acceptors (Lipinski definition) is 2. The smallest absolute Gasteiger partial charge is 0.272 e. The molecule has 2 aromatic carbocycles. The number of carbonyl (C=O) groups is 1. The molecule has 1 amide bonds. The van der Waals surface area contributed by atoms with Gasteiger partial charge in [0.1, 0.15) is 0 Å². The van der Waals surface area contributed by atoms with Gasteiger partial charge in [0.25, 0.3) is 5.91 Å². The van der Waals surface area contributed by atoms with Crippen LogP contribution in [-0.2, 0) is 11.8 Å². The molecule has 6 heteroatoms. The number of amides is 1. The van der Waals surface area contributed by atoms with Crippen molar-refractivity contribution in [2.75, 3.05) is 0 Å². The molecule has 0 saturated carbocycles. The number of thiazole rings is 1. The first kappa shape index (κ1) is 16.0. The Bertz CT molecular complexity index is 986. The zero-order chi connectivity index (χ0) is 16.4. The standard InChI is InChI=1S/C17H12Cl2N2OS/c1-21-16-13(19)7-4-8-14(16)23-17(21)20-15(22)10-9-11-5-2-3-6-12(11)18/h2-10H,1H3. The minimum atomic E-state index is -0.344. The van der Waals surface area contributed by atoms with Crippen LogP contribution in [0.25, 0.3) is 16.3 Å². The quantitative estimate of drug-likeness (QED) is 0.609. The van der Waals surface area contributed by atoms with E-state index in [9.17, 15) is 4.79 Å². The molecule has 23 heavy (non-hydrogen) atoms. The van der Waals surface area contributed by atoms with Crippen molar-refractivity contribution in [2.24, 2.45) is 12.0 Å². The maximum atomic E-state index is 12.1. The van der Waals surface area contributed by atoms with Crippen molar-refractivity contribution in [2.45, 2.75) is 0 Å². The fraction of sp³-hybridized carbons (Fsp3) is 0.0588. The number of fused-ring (bicyclic) bond motifs is 1. The fourth-order valence-corrected chi connectivity index (χ4v) is 3.77. The molecule has 0 radical (unpaired) electrons. The number of aromatic nitrogens is 1. The van der Waals surface area contributed by atoms with Crippen molar-refractivity contribution < 1.29 is 4.79 Å². The second-order valence-corrected chi connectivity index (χ2v) is 6.66. The molecule has 3 nitrogen and oxygen atoms in total. The second-order valence-electron chi connectivity index (χ2n) is 4.84. The van der Waals surface area contributed by atoms with Gasteiger partial charge in [0.2, 0.25) is 0 Å². The van der Waals surface area contributed by atoms with E-state index in [1.54, 1.807) is 12.1 Å². The summed E-state index contributed by atoms with van der Waals surface area (Å²) < 4.78 is 2.81. The molecule has 1 heterocycles. The summed E-state index contributed by atoms with van der Waals surface area (Å²) in [7, 11) is 1.84. The van der Waals surface area contributed by atoms with E-state index < -0.39 is 0 Å². The van der Waals surface area contributed by atoms with E-state index in [4.69, 9.17) is 23.2 Å². The molecule has 0 spiro atoms. The predicted molar refractivity (Wildman–Crippen MR) is 96.9 cm³/mol. The number of benzene rings is 2. The number of hydrogen-bond donors (Lipinski definition) is 0. The lowest BCUT2D eigenvalue weighted by atomic mass is 10.2. The van der Waals surface area contributed by atoms with Crippen molar-refractivity contribution in [3.63, 3.8) is 0 Å². The zero-order valence-electron chi connectivity index (χ0n) is 12.2. The van der Waals surface area contributed by atoms with Crippen LogP contribution in [0.15, 0.2) is 53.5 Å². The van der Waals surface area contributed by atoms with E-state index in [-0.39, 0.29) is 5.91 Å². The molecule has 0 unspecified atom stereocenters. The topological polar surface area (TPSA) is 34.4 Å². The van der Waals surface area contributed by atoms with Gasteiger partial charge in [-0.25, -0.2) is 0 Å². The van der Waals surface area contributed by atoms with Crippen LogP contribution in [0.3, 0.4) is 0 Å². The van der Waals surface area contributed by atoms with Gasteiger partial charge >= 0.3 is 0 Å². The number of carbonyl (C=O) groups excluding carboxylic acids is 1. The Labute approximate surface area is 147 Å². The normalized spacial score (nSPS) is 12.4. The summed E-state index contributed by atoms with van der Waals surface area (Å²) in [6.45, 7) is 0. The first-order chi connectivity index (χ1) is 11.1. The molecule has 1 aromatic heterocycles. The van der Waals surface area contributed by atoms with Gasteiger partial charge in [-0.15, -0.1) is 0 Å². The van der Waals surface area contributed by atoms with Crippen LogP contribution in [0.2, 0.25) is 10.0 Å². The van der Waals surface area contributed by atoms with E-state index in [2.05, 4.69) is 4.99 Å². The summed E-state index contributed by atoms with van der Waals surface area (Å²) in [5.74, 6) is -0.344. The van der Waals surface area contributed by atoms with Gasteiger partial charge in [0.15, 0.2) is 4.80 Å². The highest BCUT2D eigenvalue weighted by molar-refractivity contribution is 7.16. The van der Waals surface area contributed by atoms with E-state index >= 15 is 0 Å². The van der Waals surface area contributed by atoms with Crippen molar-refractivity contribution in [1.29, 1.82) is 0 Å². The van der Waals surface area contributed by atoms with Crippen LogP contribution in [0.1, 0.15) is 5.56 Å². The summed E-state index contributed by atoms with van der Waals surface area (Å²) >= 11 is 13.7. The Balaban J connectivity index is 1.96. The number of aryl methyl sites for hydroxylation is 1. The van der Waals surface area contributed by atoms with Crippen LogP contribution in [0.4, 0.5) is 0 Å². The van der Waals surface area contributed by atoms with E-state index in [1.165, 1.54) is 17.4 Å².